The van der Waals surface area contributed by atoms with E-state index in [0.717, 1.165) is 31.0 Å². The van der Waals surface area contributed by atoms with Gasteiger partial charge in [-0.15, -0.1) is 0 Å². The first kappa shape index (κ1) is 18.7. The molecule has 1 aliphatic rings. The fourth-order valence-corrected chi connectivity index (χ4v) is 3.29. The quantitative estimate of drug-likeness (QED) is 0.579. The number of nitro benzene ring substituents is 1. The molecule has 0 atom stereocenters. The Labute approximate surface area is 158 Å². The average molecular weight is 368 g/mol. The van der Waals surface area contributed by atoms with Gasteiger partial charge in [0.2, 0.25) is 5.91 Å². The molecule has 1 fully saturated rings. The molecule has 0 aliphatic carbocycles. The van der Waals surface area contributed by atoms with Crippen LogP contribution in [0.1, 0.15) is 6.92 Å². The van der Waals surface area contributed by atoms with Gasteiger partial charge in [0.15, 0.2) is 0 Å². The van der Waals surface area contributed by atoms with Crippen LogP contribution < -0.4 is 9.80 Å². The van der Waals surface area contributed by atoms with Gasteiger partial charge in [-0.2, -0.15) is 0 Å². The van der Waals surface area contributed by atoms with E-state index in [1.54, 1.807) is 12.1 Å². The second kappa shape index (κ2) is 8.53. The van der Waals surface area contributed by atoms with Crippen molar-refractivity contribution >= 4 is 23.0 Å². The van der Waals surface area contributed by atoms with Crippen LogP contribution in [0.5, 0.6) is 0 Å². The van der Waals surface area contributed by atoms with E-state index >= 15 is 0 Å². The van der Waals surface area contributed by atoms with Gasteiger partial charge in [-0.1, -0.05) is 18.2 Å². The van der Waals surface area contributed by atoms with Crippen LogP contribution in [0.15, 0.2) is 54.6 Å². The first-order chi connectivity index (χ1) is 13.1. The summed E-state index contributed by atoms with van der Waals surface area (Å²) in [5, 5.41) is 10.8. The maximum atomic E-state index is 12.7. The Balaban J connectivity index is 1.55. The maximum Gasteiger partial charge on any atom is 0.269 e. The Bertz CT molecular complexity index is 772. The number of carbonyl (C=O) groups is 1. The largest absolute Gasteiger partial charge is 0.368 e. The Morgan fingerprint density at radius 2 is 1.67 bits per heavy atom. The standard InChI is InChI=1S/C20H24N4O3/c1-2-21(17-6-4-3-5-7-17)16-20(25)23-14-12-22(13-15-23)18-8-10-19(11-9-18)24(26)27/h3-11H,2,12-16H2,1H3. The second-order valence-electron chi connectivity index (χ2n) is 6.49. The fourth-order valence-electron chi connectivity index (χ4n) is 3.29. The van der Waals surface area contributed by atoms with E-state index in [9.17, 15) is 14.9 Å². The SMILES string of the molecule is CCN(CC(=O)N1CCN(c2ccc([N+](=O)[O-])cc2)CC1)c1ccccc1. The van der Waals surface area contributed by atoms with Crippen LogP contribution in [0.3, 0.4) is 0 Å². The van der Waals surface area contributed by atoms with Crippen LogP contribution in [0, 0.1) is 10.1 Å². The highest BCUT2D eigenvalue weighted by atomic mass is 16.6. The number of para-hydroxylation sites is 1. The van der Waals surface area contributed by atoms with Gasteiger partial charge in [0.25, 0.3) is 5.69 Å². The molecular formula is C20H24N4O3. The van der Waals surface area contributed by atoms with E-state index in [4.69, 9.17) is 0 Å². The topological polar surface area (TPSA) is 69.9 Å². The van der Waals surface area contributed by atoms with Gasteiger partial charge in [-0.05, 0) is 31.2 Å². The van der Waals surface area contributed by atoms with Gasteiger partial charge in [0, 0.05) is 56.2 Å². The van der Waals surface area contributed by atoms with Crippen molar-refractivity contribution in [2.45, 2.75) is 6.92 Å². The van der Waals surface area contributed by atoms with Gasteiger partial charge in [-0.25, -0.2) is 0 Å². The molecule has 27 heavy (non-hydrogen) atoms. The summed E-state index contributed by atoms with van der Waals surface area (Å²) in [6.07, 6.45) is 0. The number of non-ortho nitro benzene ring substituents is 1. The lowest BCUT2D eigenvalue weighted by atomic mass is 10.2. The molecule has 0 bridgehead atoms. The number of rotatable bonds is 6. The summed E-state index contributed by atoms with van der Waals surface area (Å²) in [4.78, 5) is 29.2. The van der Waals surface area contributed by atoms with E-state index in [1.165, 1.54) is 12.1 Å². The first-order valence-electron chi connectivity index (χ1n) is 9.15. The lowest BCUT2D eigenvalue weighted by Gasteiger charge is -2.37. The van der Waals surface area contributed by atoms with Gasteiger partial charge < -0.3 is 14.7 Å². The summed E-state index contributed by atoms with van der Waals surface area (Å²) < 4.78 is 0. The minimum absolute atomic E-state index is 0.0909. The summed E-state index contributed by atoms with van der Waals surface area (Å²) in [5.74, 6) is 0.129. The van der Waals surface area contributed by atoms with Gasteiger partial charge in [-0.3, -0.25) is 14.9 Å². The molecule has 2 aromatic carbocycles. The van der Waals surface area contributed by atoms with Crippen molar-refractivity contribution in [3.8, 4) is 0 Å². The Morgan fingerprint density at radius 3 is 2.22 bits per heavy atom. The molecule has 0 spiro atoms. The van der Waals surface area contributed by atoms with Crippen molar-refractivity contribution in [1.82, 2.24) is 4.90 Å². The van der Waals surface area contributed by atoms with Crippen molar-refractivity contribution in [3.63, 3.8) is 0 Å². The highest BCUT2D eigenvalue weighted by Crippen LogP contribution is 2.21. The summed E-state index contributed by atoms with van der Waals surface area (Å²) in [6.45, 7) is 5.95. The molecule has 0 radical (unpaired) electrons. The number of amides is 1. The molecule has 3 rings (SSSR count). The van der Waals surface area contributed by atoms with E-state index in [1.807, 2.05) is 42.2 Å². The monoisotopic (exact) mass is 368 g/mol. The minimum atomic E-state index is -0.396. The zero-order valence-corrected chi connectivity index (χ0v) is 15.5. The first-order valence-corrected chi connectivity index (χ1v) is 9.15. The number of hydrogen-bond donors (Lipinski definition) is 0. The molecule has 1 amide bonds. The summed E-state index contributed by atoms with van der Waals surface area (Å²) in [7, 11) is 0. The Kier molecular flexibility index (Phi) is 5.90. The van der Waals surface area contributed by atoms with E-state index < -0.39 is 4.92 Å². The third-order valence-electron chi connectivity index (χ3n) is 4.89. The van der Waals surface area contributed by atoms with Crippen LogP contribution in [0.4, 0.5) is 17.1 Å². The fraction of sp³-hybridized carbons (Fsp3) is 0.350. The molecule has 1 saturated heterocycles. The highest BCUT2D eigenvalue weighted by Gasteiger charge is 2.23. The maximum absolute atomic E-state index is 12.7. The van der Waals surface area contributed by atoms with Crippen LogP contribution >= 0.6 is 0 Å². The molecule has 2 aromatic rings. The van der Waals surface area contributed by atoms with Crippen LogP contribution in [0.2, 0.25) is 0 Å². The molecule has 1 heterocycles. The predicted molar refractivity (Wildman–Crippen MR) is 106 cm³/mol. The van der Waals surface area contributed by atoms with Gasteiger partial charge in [0.05, 0.1) is 11.5 Å². The molecule has 1 aliphatic heterocycles. The summed E-state index contributed by atoms with van der Waals surface area (Å²) in [6, 6.07) is 16.5. The smallest absolute Gasteiger partial charge is 0.269 e. The van der Waals surface area contributed by atoms with Crippen LogP contribution in [-0.4, -0.2) is 55.0 Å². The number of carbonyl (C=O) groups excluding carboxylic acids is 1. The normalized spacial score (nSPS) is 14.1. The Morgan fingerprint density at radius 1 is 1.04 bits per heavy atom. The van der Waals surface area contributed by atoms with Gasteiger partial charge in [0.1, 0.15) is 0 Å². The predicted octanol–water partition coefficient (Wildman–Crippen LogP) is 2.77. The number of benzene rings is 2. The molecular weight excluding hydrogens is 344 g/mol. The van der Waals surface area contributed by atoms with Crippen molar-refractivity contribution in [3.05, 3.63) is 64.7 Å². The molecule has 7 heteroatoms. The third kappa shape index (κ3) is 4.55. The van der Waals surface area contributed by atoms with Crippen molar-refractivity contribution < 1.29 is 9.72 Å². The molecule has 0 saturated carbocycles. The van der Waals surface area contributed by atoms with E-state index in [2.05, 4.69) is 9.80 Å². The number of likely N-dealkylation sites (N-methyl/N-ethyl adjacent to an activating group) is 1. The van der Waals surface area contributed by atoms with Crippen LogP contribution in [-0.2, 0) is 4.79 Å². The number of nitrogens with zero attached hydrogens (tertiary/aromatic N) is 4. The lowest BCUT2D eigenvalue weighted by molar-refractivity contribution is -0.384. The van der Waals surface area contributed by atoms with Gasteiger partial charge >= 0.3 is 0 Å². The number of piperazine rings is 1. The second-order valence-corrected chi connectivity index (χ2v) is 6.49. The summed E-state index contributed by atoms with van der Waals surface area (Å²) >= 11 is 0. The van der Waals surface area contributed by atoms with E-state index in [0.29, 0.717) is 19.6 Å². The van der Waals surface area contributed by atoms with Crippen molar-refractivity contribution in [2.75, 3.05) is 49.1 Å². The number of nitro groups is 1. The molecule has 0 aromatic heterocycles. The molecule has 7 nitrogen and oxygen atoms in total. The van der Waals surface area contributed by atoms with Crippen molar-refractivity contribution in [1.29, 1.82) is 0 Å². The lowest BCUT2D eigenvalue weighted by Crippen LogP contribution is -2.51. The average Bonchev–Trinajstić information content (AvgIpc) is 2.72. The molecule has 142 valence electrons. The van der Waals surface area contributed by atoms with E-state index in [-0.39, 0.29) is 11.6 Å². The zero-order chi connectivity index (χ0) is 19.2. The number of hydrogen-bond acceptors (Lipinski definition) is 5. The van der Waals surface area contributed by atoms with Crippen LogP contribution in [0.25, 0.3) is 0 Å². The van der Waals surface area contributed by atoms with Crippen molar-refractivity contribution in [2.24, 2.45) is 0 Å². The summed E-state index contributed by atoms with van der Waals surface area (Å²) in [5.41, 5.74) is 2.10. The minimum Gasteiger partial charge on any atom is -0.368 e. The highest BCUT2D eigenvalue weighted by molar-refractivity contribution is 5.81. The zero-order valence-electron chi connectivity index (χ0n) is 15.5. The third-order valence-corrected chi connectivity index (χ3v) is 4.89. The molecule has 0 unspecified atom stereocenters. The Hall–Kier alpha value is -3.09. The number of anilines is 2. The molecule has 0 N–H and O–H groups in total.